The lowest BCUT2D eigenvalue weighted by Crippen LogP contribution is -2.43. The Morgan fingerprint density at radius 2 is 1.50 bits per heavy atom. The molecule has 2 atom stereocenters. The summed E-state index contributed by atoms with van der Waals surface area (Å²) >= 11 is 0. The van der Waals surface area contributed by atoms with Gasteiger partial charge in [-0.25, -0.2) is 0 Å². The Balaban J connectivity index is 2.47. The molecule has 0 saturated heterocycles. The number of nitrogens with zero attached hydrogens (tertiary/aromatic N) is 1. The van der Waals surface area contributed by atoms with Crippen molar-refractivity contribution in [2.24, 2.45) is 0 Å². The largest absolute Gasteiger partial charge is 0.325 e. The van der Waals surface area contributed by atoms with Gasteiger partial charge in [0.15, 0.2) is 0 Å². The minimum absolute atomic E-state index is 0.675. The SMILES string of the molecule is C[N+](C)(C)C1CCC([Si](C)(C)C)c2ccccc21. The van der Waals surface area contributed by atoms with Crippen LogP contribution in [0.1, 0.15) is 35.6 Å². The van der Waals surface area contributed by atoms with Crippen molar-refractivity contribution in [3.63, 3.8) is 0 Å². The summed E-state index contributed by atoms with van der Waals surface area (Å²) in [7, 11) is 5.89. The Hall–Kier alpha value is -0.603. The third kappa shape index (κ3) is 2.55. The first-order valence-corrected chi connectivity index (χ1v) is 10.7. The fourth-order valence-electron chi connectivity index (χ4n) is 3.47. The van der Waals surface area contributed by atoms with Gasteiger partial charge in [-0.05, 0) is 17.5 Å². The van der Waals surface area contributed by atoms with E-state index < -0.39 is 8.07 Å². The van der Waals surface area contributed by atoms with Gasteiger partial charge in [-0.15, -0.1) is 0 Å². The molecule has 0 amide bonds. The monoisotopic (exact) mass is 262 g/mol. The smallest absolute Gasteiger partial charge is 0.114 e. The average molecular weight is 262 g/mol. The van der Waals surface area contributed by atoms with Crippen molar-refractivity contribution >= 4 is 8.07 Å². The molecule has 1 nitrogen and oxygen atoms in total. The maximum atomic E-state index is 2.51. The lowest BCUT2D eigenvalue weighted by molar-refractivity contribution is -0.903. The summed E-state index contributed by atoms with van der Waals surface area (Å²) in [5.41, 5.74) is 4.11. The summed E-state index contributed by atoms with van der Waals surface area (Å²) in [6, 6.07) is 9.88. The van der Waals surface area contributed by atoms with Gasteiger partial charge in [-0.2, -0.15) is 0 Å². The molecule has 18 heavy (non-hydrogen) atoms. The molecule has 2 unspecified atom stereocenters. The first kappa shape index (κ1) is 13.8. The molecule has 0 fully saturated rings. The van der Waals surface area contributed by atoms with E-state index in [0.717, 1.165) is 10.0 Å². The Kier molecular flexibility index (Phi) is 3.45. The molecular formula is C16H28NSi+. The van der Waals surface area contributed by atoms with E-state index in [2.05, 4.69) is 65.0 Å². The molecule has 100 valence electrons. The van der Waals surface area contributed by atoms with Crippen molar-refractivity contribution in [1.29, 1.82) is 0 Å². The molecule has 0 aliphatic heterocycles. The van der Waals surface area contributed by atoms with Crippen LogP contribution in [0.2, 0.25) is 19.6 Å². The van der Waals surface area contributed by atoms with Gasteiger partial charge >= 0.3 is 0 Å². The third-order valence-electron chi connectivity index (χ3n) is 4.44. The maximum Gasteiger partial charge on any atom is 0.114 e. The number of rotatable bonds is 2. The van der Waals surface area contributed by atoms with Crippen molar-refractivity contribution < 1.29 is 4.48 Å². The second-order valence-corrected chi connectivity index (χ2v) is 13.2. The van der Waals surface area contributed by atoms with E-state index in [1.165, 1.54) is 12.8 Å². The molecule has 2 rings (SSSR count). The van der Waals surface area contributed by atoms with Gasteiger partial charge in [0.25, 0.3) is 0 Å². The molecular weight excluding hydrogens is 234 g/mol. The van der Waals surface area contributed by atoms with E-state index in [4.69, 9.17) is 0 Å². The quantitative estimate of drug-likeness (QED) is 0.554. The normalized spacial score (nSPS) is 24.8. The second-order valence-electron chi connectivity index (χ2n) is 7.76. The summed E-state index contributed by atoms with van der Waals surface area (Å²) in [5.74, 6) is 0. The highest BCUT2D eigenvalue weighted by atomic mass is 28.3. The van der Waals surface area contributed by atoms with Gasteiger partial charge in [0, 0.05) is 12.0 Å². The Morgan fingerprint density at radius 1 is 0.944 bits per heavy atom. The molecule has 1 aliphatic carbocycles. The number of fused-ring (bicyclic) bond motifs is 1. The second kappa shape index (κ2) is 4.50. The van der Waals surface area contributed by atoms with E-state index in [1.54, 1.807) is 11.1 Å². The molecule has 0 aromatic heterocycles. The number of benzene rings is 1. The van der Waals surface area contributed by atoms with Crippen molar-refractivity contribution in [1.82, 2.24) is 0 Å². The molecule has 0 N–H and O–H groups in total. The van der Waals surface area contributed by atoms with Crippen LogP contribution in [-0.4, -0.2) is 33.7 Å². The van der Waals surface area contributed by atoms with Crippen LogP contribution in [0.4, 0.5) is 0 Å². The van der Waals surface area contributed by atoms with Gasteiger partial charge in [-0.3, -0.25) is 0 Å². The number of hydrogen-bond donors (Lipinski definition) is 0. The van der Waals surface area contributed by atoms with Crippen LogP contribution in [-0.2, 0) is 0 Å². The predicted molar refractivity (Wildman–Crippen MR) is 82.5 cm³/mol. The highest BCUT2D eigenvalue weighted by molar-refractivity contribution is 6.77. The Morgan fingerprint density at radius 3 is 2.00 bits per heavy atom. The summed E-state index contributed by atoms with van der Waals surface area (Å²) in [6.45, 7) is 7.54. The minimum Gasteiger partial charge on any atom is -0.325 e. The van der Waals surface area contributed by atoms with E-state index in [0.29, 0.717) is 6.04 Å². The average Bonchev–Trinajstić information content (AvgIpc) is 2.24. The van der Waals surface area contributed by atoms with E-state index in [1.807, 2.05) is 0 Å². The van der Waals surface area contributed by atoms with Crippen LogP contribution in [0, 0.1) is 0 Å². The lowest BCUT2D eigenvalue weighted by atomic mass is 9.85. The first-order valence-electron chi connectivity index (χ1n) is 7.11. The van der Waals surface area contributed by atoms with Crippen molar-refractivity contribution in [3.8, 4) is 0 Å². The third-order valence-corrected chi connectivity index (χ3v) is 7.13. The van der Waals surface area contributed by atoms with Crippen molar-refractivity contribution in [2.45, 2.75) is 44.1 Å². The fourth-order valence-corrected chi connectivity index (χ4v) is 5.70. The highest BCUT2D eigenvalue weighted by Gasteiger charge is 2.39. The molecule has 1 aliphatic rings. The van der Waals surface area contributed by atoms with E-state index in [-0.39, 0.29) is 0 Å². The van der Waals surface area contributed by atoms with Crippen molar-refractivity contribution in [2.75, 3.05) is 21.1 Å². The first-order chi connectivity index (χ1) is 8.21. The summed E-state index contributed by atoms with van der Waals surface area (Å²) < 4.78 is 1.05. The van der Waals surface area contributed by atoms with Crippen LogP contribution < -0.4 is 0 Å². The molecule has 1 aromatic rings. The molecule has 0 bridgehead atoms. The molecule has 0 spiro atoms. The Bertz CT molecular complexity index is 384. The highest BCUT2D eigenvalue weighted by Crippen LogP contribution is 2.45. The molecule has 0 radical (unpaired) electrons. The number of hydrogen-bond acceptors (Lipinski definition) is 0. The molecule has 0 heterocycles. The van der Waals surface area contributed by atoms with Gasteiger partial charge in [0.05, 0.1) is 29.2 Å². The van der Waals surface area contributed by atoms with Crippen LogP contribution in [0.15, 0.2) is 24.3 Å². The van der Waals surface area contributed by atoms with Crippen LogP contribution in [0.3, 0.4) is 0 Å². The summed E-state index contributed by atoms with van der Waals surface area (Å²) in [6.07, 6.45) is 2.72. The number of quaternary nitrogens is 1. The van der Waals surface area contributed by atoms with Crippen LogP contribution in [0.5, 0.6) is 0 Å². The summed E-state index contributed by atoms with van der Waals surface area (Å²) in [4.78, 5) is 0. The van der Waals surface area contributed by atoms with Gasteiger partial charge < -0.3 is 4.48 Å². The molecule has 0 saturated carbocycles. The molecule has 1 aromatic carbocycles. The predicted octanol–water partition coefficient (Wildman–Crippen LogP) is 4.19. The lowest BCUT2D eigenvalue weighted by Gasteiger charge is -2.43. The van der Waals surface area contributed by atoms with Gasteiger partial charge in [-0.1, -0.05) is 43.9 Å². The standard InChI is InChI=1S/C16H28NSi/c1-17(2,3)15-11-12-16(18(4,5)6)14-10-8-7-9-13(14)15/h7-10,15-16H,11-12H2,1-6H3/q+1. The van der Waals surface area contributed by atoms with Crippen LogP contribution >= 0.6 is 0 Å². The zero-order valence-electron chi connectivity index (χ0n) is 12.8. The summed E-state index contributed by atoms with van der Waals surface area (Å²) in [5, 5.41) is 0. The zero-order chi connectivity index (χ0) is 13.6. The molecule has 2 heteroatoms. The van der Waals surface area contributed by atoms with E-state index >= 15 is 0 Å². The van der Waals surface area contributed by atoms with E-state index in [9.17, 15) is 0 Å². The van der Waals surface area contributed by atoms with Gasteiger partial charge in [0.1, 0.15) is 6.04 Å². The van der Waals surface area contributed by atoms with Crippen LogP contribution in [0.25, 0.3) is 0 Å². The zero-order valence-corrected chi connectivity index (χ0v) is 13.8. The van der Waals surface area contributed by atoms with Gasteiger partial charge in [0.2, 0.25) is 0 Å². The Labute approximate surface area is 113 Å². The maximum absolute atomic E-state index is 2.51. The van der Waals surface area contributed by atoms with Crippen molar-refractivity contribution in [3.05, 3.63) is 35.4 Å². The minimum atomic E-state index is -1.10. The fraction of sp³-hybridized carbons (Fsp3) is 0.625. The topological polar surface area (TPSA) is 0 Å².